The topological polar surface area (TPSA) is 77.1 Å². The molecule has 1 amide bonds. The zero-order valence-electron chi connectivity index (χ0n) is 15.1. The second kappa shape index (κ2) is 7.52. The van der Waals surface area contributed by atoms with Crippen molar-refractivity contribution in [2.45, 2.75) is 45.2 Å². The maximum absolute atomic E-state index is 12.5. The first-order valence-corrected chi connectivity index (χ1v) is 10.0. The Morgan fingerprint density at radius 1 is 1.30 bits per heavy atom. The second-order valence-corrected chi connectivity index (χ2v) is 7.81. The maximum Gasteiger partial charge on any atom is 0.442 e. The SMILES string of the molecule is CC(NC(=O)Cn1c(-c2cccs2)noc1=O)c1ccc2c(c1)CCCC2. The first kappa shape index (κ1) is 17.7. The van der Waals surface area contributed by atoms with Crippen molar-refractivity contribution in [2.75, 3.05) is 0 Å². The Balaban J connectivity index is 1.47. The van der Waals surface area contributed by atoms with Gasteiger partial charge in [-0.25, -0.2) is 9.36 Å². The van der Waals surface area contributed by atoms with Crippen molar-refractivity contribution in [3.63, 3.8) is 0 Å². The third-order valence-electron chi connectivity index (χ3n) is 4.98. The first-order valence-electron chi connectivity index (χ1n) is 9.13. The van der Waals surface area contributed by atoms with Gasteiger partial charge >= 0.3 is 5.76 Å². The molecule has 0 spiro atoms. The van der Waals surface area contributed by atoms with Crippen molar-refractivity contribution in [3.05, 3.63) is 63.0 Å². The summed E-state index contributed by atoms with van der Waals surface area (Å²) in [6.07, 6.45) is 4.71. The number of benzene rings is 1. The Hall–Kier alpha value is -2.67. The summed E-state index contributed by atoms with van der Waals surface area (Å²) in [7, 11) is 0. The van der Waals surface area contributed by atoms with Crippen LogP contribution in [0.2, 0.25) is 0 Å². The van der Waals surface area contributed by atoms with Gasteiger partial charge < -0.3 is 5.32 Å². The molecule has 0 aliphatic heterocycles. The van der Waals surface area contributed by atoms with Crippen LogP contribution in [0.3, 0.4) is 0 Å². The van der Waals surface area contributed by atoms with Crippen LogP contribution in [0.1, 0.15) is 42.5 Å². The van der Waals surface area contributed by atoms with Crippen molar-refractivity contribution in [3.8, 4) is 10.7 Å². The van der Waals surface area contributed by atoms with Gasteiger partial charge in [0, 0.05) is 0 Å². The highest BCUT2D eigenvalue weighted by Crippen LogP contribution is 2.25. The fourth-order valence-corrected chi connectivity index (χ4v) is 4.24. The number of nitrogens with one attached hydrogen (secondary N) is 1. The molecular weight excluding hydrogens is 362 g/mol. The molecule has 1 aliphatic carbocycles. The fraction of sp³-hybridized carbons (Fsp3) is 0.350. The number of hydrogen-bond donors (Lipinski definition) is 1. The van der Waals surface area contributed by atoms with Crippen LogP contribution in [0.15, 0.2) is 45.0 Å². The molecule has 27 heavy (non-hydrogen) atoms. The summed E-state index contributed by atoms with van der Waals surface area (Å²) in [5, 5.41) is 8.66. The van der Waals surface area contributed by atoms with E-state index in [4.69, 9.17) is 4.52 Å². The molecule has 0 saturated carbocycles. The van der Waals surface area contributed by atoms with E-state index in [1.807, 2.05) is 24.4 Å². The van der Waals surface area contributed by atoms with Gasteiger partial charge in [-0.15, -0.1) is 11.3 Å². The molecule has 140 valence electrons. The van der Waals surface area contributed by atoms with Gasteiger partial charge in [0.25, 0.3) is 0 Å². The van der Waals surface area contributed by atoms with E-state index in [1.54, 1.807) is 0 Å². The molecule has 1 aliphatic rings. The standard InChI is InChI=1S/C20H21N3O3S/c1-13(15-9-8-14-5-2-3-6-16(14)11-15)21-18(24)12-23-19(22-26-20(23)25)17-7-4-10-27-17/h4,7-11,13H,2-3,5-6,12H2,1H3,(H,21,24). The average Bonchev–Trinajstić information content (AvgIpc) is 3.32. The summed E-state index contributed by atoms with van der Waals surface area (Å²) < 4.78 is 6.02. The van der Waals surface area contributed by atoms with Crippen LogP contribution in [0.25, 0.3) is 10.7 Å². The van der Waals surface area contributed by atoms with E-state index in [2.05, 4.69) is 28.7 Å². The summed E-state index contributed by atoms with van der Waals surface area (Å²) in [5.74, 6) is -0.495. The van der Waals surface area contributed by atoms with Crippen molar-refractivity contribution in [1.82, 2.24) is 15.0 Å². The molecule has 6 nitrogen and oxygen atoms in total. The van der Waals surface area contributed by atoms with E-state index in [1.165, 1.54) is 39.9 Å². The van der Waals surface area contributed by atoms with Crippen LogP contribution in [-0.4, -0.2) is 15.6 Å². The largest absolute Gasteiger partial charge is 0.442 e. The average molecular weight is 383 g/mol. The van der Waals surface area contributed by atoms with Crippen molar-refractivity contribution in [1.29, 1.82) is 0 Å². The summed E-state index contributed by atoms with van der Waals surface area (Å²) in [6, 6.07) is 10.0. The van der Waals surface area contributed by atoms with Gasteiger partial charge in [0.15, 0.2) is 5.82 Å². The molecule has 1 N–H and O–H groups in total. The molecule has 7 heteroatoms. The van der Waals surface area contributed by atoms with Crippen molar-refractivity contribution < 1.29 is 9.32 Å². The van der Waals surface area contributed by atoms with E-state index in [0.717, 1.165) is 23.3 Å². The normalized spacial score (nSPS) is 14.6. The Bertz CT molecular complexity index is 1000. The number of carbonyl (C=O) groups is 1. The van der Waals surface area contributed by atoms with Crippen LogP contribution in [0.5, 0.6) is 0 Å². The van der Waals surface area contributed by atoms with Crippen LogP contribution in [0, 0.1) is 0 Å². The van der Waals surface area contributed by atoms with Gasteiger partial charge in [-0.1, -0.05) is 29.4 Å². The summed E-state index contributed by atoms with van der Waals surface area (Å²) in [6.45, 7) is 1.84. The molecule has 1 atom stereocenters. The predicted molar refractivity (Wildman–Crippen MR) is 104 cm³/mol. The highest BCUT2D eigenvalue weighted by atomic mass is 32.1. The Morgan fingerprint density at radius 3 is 2.89 bits per heavy atom. The second-order valence-electron chi connectivity index (χ2n) is 6.86. The van der Waals surface area contributed by atoms with Gasteiger partial charge in [-0.3, -0.25) is 9.32 Å². The fourth-order valence-electron chi connectivity index (χ4n) is 3.53. The minimum atomic E-state index is -0.630. The van der Waals surface area contributed by atoms with E-state index >= 15 is 0 Å². The van der Waals surface area contributed by atoms with Gasteiger partial charge in [-0.2, -0.15) is 0 Å². The number of aryl methyl sites for hydroxylation is 2. The van der Waals surface area contributed by atoms with Crippen LogP contribution >= 0.6 is 11.3 Å². The number of amides is 1. The number of hydrogen-bond acceptors (Lipinski definition) is 5. The number of nitrogens with zero attached hydrogens (tertiary/aromatic N) is 2. The summed E-state index contributed by atoms with van der Waals surface area (Å²) >= 11 is 1.44. The zero-order chi connectivity index (χ0) is 18.8. The third kappa shape index (κ3) is 3.73. The lowest BCUT2D eigenvalue weighted by Crippen LogP contribution is -2.33. The predicted octanol–water partition coefficient (Wildman–Crippen LogP) is 3.32. The molecule has 0 saturated heterocycles. The molecule has 0 bridgehead atoms. The molecule has 0 fully saturated rings. The third-order valence-corrected chi connectivity index (χ3v) is 5.85. The van der Waals surface area contributed by atoms with Crippen LogP contribution in [0.4, 0.5) is 0 Å². The lowest BCUT2D eigenvalue weighted by Gasteiger charge is -2.20. The number of thiophene rings is 1. The van der Waals surface area contributed by atoms with Gasteiger partial charge in [0.2, 0.25) is 5.91 Å². The van der Waals surface area contributed by atoms with Gasteiger partial charge in [-0.05, 0) is 60.7 Å². The lowest BCUT2D eigenvalue weighted by atomic mass is 9.89. The van der Waals surface area contributed by atoms with Crippen molar-refractivity contribution >= 4 is 17.2 Å². The van der Waals surface area contributed by atoms with E-state index in [-0.39, 0.29) is 18.5 Å². The molecule has 3 aromatic rings. The molecular formula is C20H21N3O3S. The maximum atomic E-state index is 12.5. The highest BCUT2D eigenvalue weighted by Gasteiger charge is 2.19. The summed E-state index contributed by atoms with van der Waals surface area (Å²) in [4.78, 5) is 25.3. The molecule has 2 aromatic heterocycles. The smallest absolute Gasteiger partial charge is 0.348 e. The number of carbonyl (C=O) groups excluding carboxylic acids is 1. The number of fused-ring (bicyclic) bond motifs is 1. The molecule has 1 unspecified atom stereocenters. The van der Waals surface area contributed by atoms with E-state index < -0.39 is 5.76 Å². The van der Waals surface area contributed by atoms with E-state index in [9.17, 15) is 9.59 Å². The minimum Gasteiger partial charge on any atom is -0.348 e. The Morgan fingerprint density at radius 2 is 2.11 bits per heavy atom. The molecule has 1 aromatic carbocycles. The zero-order valence-corrected chi connectivity index (χ0v) is 15.9. The minimum absolute atomic E-state index is 0.120. The molecule has 4 rings (SSSR count). The highest BCUT2D eigenvalue weighted by molar-refractivity contribution is 7.13. The Kier molecular flexibility index (Phi) is 4.94. The van der Waals surface area contributed by atoms with Gasteiger partial charge in [0.05, 0.1) is 10.9 Å². The van der Waals surface area contributed by atoms with Crippen molar-refractivity contribution in [2.24, 2.45) is 0 Å². The summed E-state index contributed by atoms with van der Waals surface area (Å²) in [5.41, 5.74) is 3.88. The lowest BCUT2D eigenvalue weighted by molar-refractivity contribution is -0.122. The number of rotatable bonds is 5. The molecule has 0 radical (unpaired) electrons. The quantitative estimate of drug-likeness (QED) is 0.733. The van der Waals surface area contributed by atoms with E-state index in [0.29, 0.717) is 5.82 Å². The number of aromatic nitrogens is 2. The monoisotopic (exact) mass is 383 g/mol. The van der Waals surface area contributed by atoms with Crippen LogP contribution in [-0.2, 0) is 24.2 Å². The van der Waals surface area contributed by atoms with Crippen LogP contribution < -0.4 is 11.1 Å². The van der Waals surface area contributed by atoms with Gasteiger partial charge in [0.1, 0.15) is 6.54 Å². The molecule has 2 heterocycles. The Labute approximate surface area is 160 Å². The first-order chi connectivity index (χ1) is 13.1.